The number of fused-ring (bicyclic) bond motifs is 6. The van der Waals surface area contributed by atoms with E-state index in [1.165, 1.54) is 27.8 Å². The van der Waals surface area contributed by atoms with E-state index in [0.29, 0.717) is 5.82 Å². The second-order valence-electron chi connectivity index (χ2n) is 13.5. The van der Waals surface area contributed by atoms with Crippen LogP contribution in [0.4, 0.5) is 0 Å². The molecular formula is C48H32N2O. The maximum Gasteiger partial charge on any atom is 0.160 e. The number of furan rings is 1. The molecule has 51 heavy (non-hydrogen) atoms. The Hall–Kier alpha value is -6.58. The minimum atomic E-state index is -0.286. The molecule has 240 valence electrons. The maximum absolute atomic E-state index is 6.48. The van der Waals surface area contributed by atoms with Crippen molar-refractivity contribution >= 4 is 21.9 Å². The zero-order valence-electron chi connectivity index (χ0n) is 28.0. The van der Waals surface area contributed by atoms with E-state index in [0.717, 1.165) is 61.1 Å². The van der Waals surface area contributed by atoms with Gasteiger partial charge in [-0.15, -0.1) is 0 Å². The van der Waals surface area contributed by atoms with Gasteiger partial charge in [0.25, 0.3) is 0 Å². The average Bonchev–Trinajstić information content (AvgIpc) is 3.72. The van der Waals surface area contributed by atoms with Crippen molar-refractivity contribution in [2.75, 3.05) is 0 Å². The summed E-state index contributed by atoms with van der Waals surface area (Å²) >= 11 is 0. The Balaban J connectivity index is 1.16. The molecule has 0 saturated heterocycles. The van der Waals surface area contributed by atoms with Crippen molar-refractivity contribution in [3.63, 3.8) is 0 Å². The fraction of sp³-hybridized carbons (Fsp3) is 0.0417. The summed E-state index contributed by atoms with van der Waals surface area (Å²) in [6.07, 6.45) is 0. The molecule has 0 aliphatic heterocycles. The van der Waals surface area contributed by atoms with E-state index in [4.69, 9.17) is 14.4 Å². The smallest absolute Gasteiger partial charge is 0.160 e. The molecule has 0 amide bonds. The van der Waals surface area contributed by atoms with Gasteiger partial charge in [0.05, 0.1) is 11.4 Å². The first-order chi connectivity index (χ1) is 25.2. The standard InChI is InChI=1S/C48H32N2O/c1-48(41-26-10-7-20-35(41)36-21-8-11-27-42(36)48)33-18-13-17-32(29-33)34-19-5-6-22-37(34)43-30-44(50-47(49-43)31-15-3-2-4-16-31)40-25-14-24-39-38-23-9-12-28-45(38)51-46(39)40/h2-30H,1H3. The van der Waals surface area contributed by atoms with E-state index < -0.39 is 0 Å². The summed E-state index contributed by atoms with van der Waals surface area (Å²) in [5, 5.41) is 2.17. The number of aromatic nitrogens is 2. The van der Waals surface area contributed by atoms with Crippen LogP contribution in [-0.4, -0.2) is 9.97 Å². The van der Waals surface area contributed by atoms with Crippen LogP contribution >= 0.6 is 0 Å². The van der Waals surface area contributed by atoms with E-state index >= 15 is 0 Å². The summed E-state index contributed by atoms with van der Waals surface area (Å²) in [6, 6.07) is 62.1. The molecule has 0 atom stereocenters. The van der Waals surface area contributed by atoms with Crippen LogP contribution in [-0.2, 0) is 5.41 Å². The lowest BCUT2D eigenvalue weighted by atomic mass is 9.73. The molecule has 7 aromatic carbocycles. The van der Waals surface area contributed by atoms with Crippen LogP contribution in [0, 0.1) is 0 Å². The van der Waals surface area contributed by atoms with E-state index in [1.54, 1.807) is 0 Å². The second-order valence-corrected chi connectivity index (χ2v) is 13.5. The highest BCUT2D eigenvalue weighted by atomic mass is 16.3. The Morgan fingerprint density at radius 2 is 0.980 bits per heavy atom. The van der Waals surface area contributed by atoms with Gasteiger partial charge in [-0.2, -0.15) is 0 Å². The van der Waals surface area contributed by atoms with E-state index in [9.17, 15) is 0 Å². The predicted molar refractivity (Wildman–Crippen MR) is 208 cm³/mol. The SMILES string of the molecule is CC1(c2cccc(-c3ccccc3-c3cc(-c4cccc5c4oc4ccccc45)nc(-c4ccccc4)n3)c2)c2ccccc2-c2ccccc21. The fourth-order valence-corrected chi connectivity index (χ4v) is 8.11. The molecule has 0 saturated carbocycles. The van der Waals surface area contributed by atoms with Crippen molar-refractivity contribution in [2.24, 2.45) is 0 Å². The minimum absolute atomic E-state index is 0.286. The highest BCUT2D eigenvalue weighted by Crippen LogP contribution is 2.52. The first kappa shape index (κ1) is 29.3. The van der Waals surface area contributed by atoms with Crippen LogP contribution in [0.25, 0.3) is 78.1 Å². The lowest BCUT2D eigenvalue weighted by Gasteiger charge is -2.29. The number of para-hydroxylation sites is 2. The fourth-order valence-electron chi connectivity index (χ4n) is 8.11. The normalized spacial score (nSPS) is 13.0. The van der Waals surface area contributed by atoms with Crippen molar-refractivity contribution in [2.45, 2.75) is 12.3 Å². The van der Waals surface area contributed by atoms with Gasteiger partial charge in [0, 0.05) is 32.9 Å². The Bertz CT molecular complexity index is 2730. The molecule has 0 N–H and O–H groups in total. The molecule has 9 aromatic rings. The molecule has 1 aliphatic carbocycles. The Kier molecular flexibility index (Phi) is 6.62. The first-order valence-corrected chi connectivity index (χ1v) is 17.4. The number of nitrogens with zero attached hydrogens (tertiary/aromatic N) is 2. The largest absolute Gasteiger partial charge is 0.455 e. The van der Waals surface area contributed by atoms with Gasteiger partial charge >= 0.3 is 0 Å². The zero-order valence-corrected chi connectivity index (χ0v) is 28.0. The maximum atomic E-state index is 6.48. The first-order valence-electron chi connectivity index (χ1n) is 17.4. The van der Waals surface area contributed by atoms with Crippen LogP contribution in [0.5, 0.6) is 0 Å². The molecule has 0 fully saturated rings. The molecule has 2 aromatic heterocycles. The van der Waals surface area contributed by atoms with Crippen molar-refractivity contribution < 1.29 is 4.42 Å². The topological polar surface area (TPSA) is 38.9 Å². The molecule has 3 nitrogen and oxygen atoms in total. The zero-order chi connectivity index (χ0) is 33.9. The Labute approximate surface area is 296 Å². The molecular weight excluding hydrogens is 621 g/mol. The van der Waals surface area contributed by atoms with Crippen LogP contribution in [0.15, 0.2) is 180 Å². The number of hydrogen-bond acceptors (Lipinski definition) is 3. The van der Waals surface area contributed by atoms with Crippen LogP contribution in [0.3, 0.4) is 0 Å². The van der Waals surface area contributed by atoms with Crippen molar-refractivity contribution in [3.05, 3.63) is 193 Å². The van der Waals surface area contributed by atoms with E-state index in [1.807, 2.05) is 30.3 Å². The van der Waals surface area contributed by atoms with Crippen molar-refractivity contribution in [3.8, 4) is 56.2 Å². The van der Waals surface area contributed by atoms with Gasteiger partial charge in [0.15, 0.2) is 5.82 Å². The Morgan fingerprint density at radius 1 is 0.431 bits per heavy atom. The average molecular weight is 653 g/mol. The quantitative estimate of drug-likeness (QED) is 0.186. The molecule has 0 radical (unpaired) electrons. The molecule has 3 heteroatoms. The highest BCUT2D eigenvalue weighted by molar-refractivity contribution is 6.09. The highest BCUT2D eigenvalue weighted by Gasteiger charge is 2.40. The molecule has 1 aliphatic rings. The third-order valence-corrected chi connectivity index (χ3v) is 10.6. The molecule has 0 spiro atoms. The van der Waals surface area contributed by atoms with E-state index in [2.05, 4.69) is 153 Å². The van der Waals surface area contributed by atoms with Gasteiger partial charge in [-0.1, -0.05) is 152 Å². The van der Waals surface area contributed by atoms with Gasteiger partial charge in [0.2, 0.25) is 0 Å². The van der Waals surface area contributed by atoms with Gasteiger partial charge < -0.3 is 4.42 Å². The summed E-state index contributed by atoms with van der Waals surface area (Å²) in [7, 11) is 0. The summed E-state index contributed by atoms with van der Waals surface area (Å²) in [5.74, 6) is 0.673. The monoisotopic (exact) mass is 652 g/mol. The van der Waals surface area contributed by atoms with Crippen molar-refractivity contribution in [1.29, 1.82) is 0 Å². The van der Waals surface area contributed by atoms with Gasteiger partial charge in [0.1, 0.15) is 11.2 Å². The van der Waals surface area contributed by atoms with Crippen LogP contribution in [0.1, 0.15) is 23.6 Å². The molecule has 0 bridgehead atoms. The van der Waals surface area contributed by atoms with Crippen LogP contribution in [0.2, 0.25) is 0 Å². The molecule has 2 heterocycles. The number of rotatable bonds is 5. The van der Waals surface area contributed by atoms with Gasteiger partial charge in [-0.3, -0.25) is 0 Å². The predicted octanol–water partition coefficient (Wildman–Crippen LogP) is 12.4. The van der Waals surface area contributed by atoms with Crippen LogP contribution < -0.4 is 0 Å². The van der Waals surface area contributed by atoms with Crippen molar-refractivity contribution in [1.82, 2.24) is 9.97 Å². The second kappa shape index (κ2) is 11.5. The lowest BCUT2D eigenvalue weighted by molar-refractivity contribution is 0.670. The lowest BCUT2D eigenvalue weighted by Crippen LogP contribution is -2.22. The van der Waals surface area contributed by atoms with Gasteiger partial charge in [-0.05, 0) is 70.1 Å². The molecule has 10 rings (SSSR count). The minimum Gasteiger partial charge on any atom is -0.455 e. The third kappa shape index (κ3) is 4.59. The van der Waals surface area contributed by atoms with E-state index in [-0.39, 0.29) is 5.41 Å². The summed E-state index contributed by atoms with van der Waals surface area (Å²) < 4.78 is 6.48. The Morgan fingerprint density at radius 3 is 1.75 bits per heavy atom. The summed E-state index contributed by atoms with van der Waals surface area (Å²) in [4.78, 5) is 10.4. The number of hydrogen-bond donors (Lipinski definition) is 0. The molecule has 0 unspecified atom stereocenters. The third-order valence-electron chi connectivity index (χ3n) is 10.6. The van der Waals surface area contributed by atoms with Gasteiger partial charge in [-0.25, -0.2) is 9.97 Å². The summed E-state index contributed by atoms with van der Waals surface area (Å²) in [6.45, 7) is 2.37. The summed E-state index contributed by atoms with van der Waals surface area (Å²) in [5.41, 5.74) is 14.8. The number of benzene rings is 7.